The average Bonchev–Trinajstić information content (AvgIpc) is 2.10. The molecule has 0 amide bonds. The van der Waals surface area contributed by atoms with Gasteiger partial charge in [-0.3, -0.25) is 0 Å². The van der Waals surface area contributed by atoms with Gasteiger partial charge in [-0.2, -0.15) is 0 Å². The molecule has 0 radical (unpaired) electrons. The largest absolute Gasteiger partial charge is 0.361 e. The molecular formula is C12H24N2S. The van der Waals surface area contributed by atoms with Gasteiger partial charge in [0.05, 0.1) is 0 Å². The molecule has 2 N–H and O–H groups in total. The van der Waals surface area contributed by atoms with Crippen LogP contribution in [0, 0.1) is 11.8 Å². The second-order valence-corrected chi connectivity index (χ2v) is 5.65. The predicted molar refractivity (Wildman–Crippen MR) is 70.0 cm³/mol. The molecule has 0 aromatic carbocycles. The van der Waals surface area contributed by atoms with Crippen molar-refractivity contribution < 1.29 is 0 Å². The maximum atomic E-state index is 5.26. The van der Waals surface area contributed by atoms with Crippen LogP contribution in [-0.2, 0) is 0 Å². The summed E-state index contributed by atoms with van der Waals surface area (Å²) in [6, 6.07) is 1.000. The van der Waals surface area contributed by atoms with Gasteiger partial charge in [-0.05, 0) is 57.2 Å². The van der Waals surface area contributed by atoms with Gasteiger partial charge in [0.15, 0.2) is 5.11 Å². The van der Waals surface area contributed by atoms with Gasteiger partial charge in [-0.1, -0.05) is 13.8 Å². The average molecular weight is 228 g/mol. The Morgan fingerprint density at radius 2 is 1.87 bits per heavy atom. The summed E-state index contributed by atoms with van der Waals surface area (Å²) in [4.78, 5) is 0. The molecule has 3 heteroatoms. The number of nitrogens with one attached hydrogen (secondary N) is 2. The molecule has 1 aliphatic rings. The Bertz CT molecular complexity index is 216. The van der Waals surface area contributed by atoms with Crippen LogP contribution in [-0.4, -0.2) is 17.2 Å². The van der Waals surface area contributed by atoms with Gasteiger partial charge in [-0.15, -0.1) is 0 Å². The molecule has 1 saturated carbocycles. The molecule has 1 aliphatic carbocycles. The molecule has 1 fully saturated rings. The van der Waals surface area contributed by atoms with Crippen LogP contribution in [0.4, 0.5) is 0 Å². The summed E-state index contributed by atoms with van der Waals surface area (Å²) in [6.07, 6.45) is 3.83. The van der Waals surface area contributed by atoms with Crippen LogP contribution >= 0.6 is 12.2 Å². The summed E-state index contributed by atoms with van der Waals surface area (Å²) in [5, 5.41) is 7.47. The molecule has 3 unspecified atom stereocenters. The monoisotopic (exact) mass is 228 g/mol. The highest BCUT2D eigenvalue weighted by molar-refractivity contribution is 7.80. The van der Waals surface area contributed by atoms with E-state index in [2.05, 4.69) is 38.3 Å². The zero-order chi connectivity index (χ0) is 11.4. The van der Waals surface area contributed by atoms with Crippen molar-refractivity contribution in [3.63, 3.8) is 0 Å². The van der Waals surface area contributed by atoms with Gasteiger partial charge in [0.1, 0.15) is 0 Å². The Balaban J connectivity index is 2.30. The highest BCUT2D eigenvalue weighted by Gasteiger charge is 2.24. The predicted octanol–water partition coefficient (Wildman–Crippen LogP) is 2.68. The minimum Gasteiger partial charge on any atom is -0.361 e. The number of rotatable bonds is 2. The quantitative estimate of drug-likeness (QED) is 0.711. The first-order valence-electron chi connectivity index (χ1n) is 6.06. The van der Waals surface area contributed by atoms with Gasteiger partial charge in [0.2, 0.25) is 0 Å². The second-order valence-electron chi connectivity index (χ2n) is 5.24. The van der Waals surface area contributed by atoms with Crippen molar-refractivity contribution in [2.24, 2.45) is 11.8 Å². The first-order chi connectivity index (χ1) is 6.99. The molecule has 2 nitrogen and oxygen atoms in total. The van der Waals surface area contributed by atoms with Crippen molar-refractivity contribution in [2.75, 3.05) is 0 Å². The van der Waals surface area contributed by atoms with Gasteiger partial charge >= 0.3 is 0 Å². The third-order valence-corrected chi connectivity index (χ3v) is 3.59. The first kappa shape index (κ1) is 12.8. The Morgan fingerprint density at radius 3 is 2.40 bits per heavy atom. The molecule has 15 heavy (non-hydrogen) atoms. The zero-order valence-electron chi connectivity index (χ0n) is 10.3. The van der Waals surface area contributed by atoms with E-state index >= 15 is 0 Å². The smallest absolute Gasteiger partial charge is 0.166 e. The molecule has 0 aromatic rings. The number of thiocarbonyl (C=S) groups is 1. The van der Waals surface area contributed by atoms with E-state index in [1.807, 2.05) is 0 Å². The van der Waals surface area contributed by atoms with Crippen molar-refractivity contribution in [1.29, 1.82) is 0 Å². The molecule has 0 bridgehead atoms. The summed E-state index contributed by atoms with van der Waals surface area (Å²) in [5.41, 5.74) is 0. The van der Waals surface area contributed by atoms with E-state index in [9.17, 15) is 0 Å². The second kappa shape index (κ2) is 5.69. The molecule has 3 atom stereocenters. The van der Waals surface area contributed by atoms with Crippen LogP contribution in [0.2, 0.25) is 0 Å². The van der Waals surface area contributed by atoms with Gasteiger partial charge in [0.25, 0.3) is 0 Å². The summed E-state index contributed by atoms with van der Waals surface area (Å²) < 4.78 is 0. The lowest BCUT2D eigenvalue weighted by molar-refractivity contribution is 0.240. The highest BCUT2D eigenvalue weighted by atomic mass is 32.1. The lowest BCUT2D eigenvalue weighted by Crippen LogP contribution is -2.46. The van der Waals surface area contributed by atoms with Crippen LogP contribution in [0.3, 0.4) is 0 Å². The van der Waals surface area contributed by atoms with E-state index in [4.69, 9.17) is 12.2 Å². The fraction of sp³-hybridized carbons (Fsp3) is 0.917. The van der Waals surface area contributed by atoms with Gasteiger partial charge in [0, 0.05) is 12.1 Å². The normalized spacial score (nSPS) is 31.4. The van der Waals surface area contributed by atoms with E-state index in [0.29, 0.717) is 12.1 Å². The fourth-order valence-corrected chi connectivity index (χ4v) is 2.57. The fourth-order valence-electron chi connectivity index (χ4n) is 2.17. The van der Waals surface area contributed by atoms with Crippen LogP contribution in [0.1, 0.15) is 47.0 Å². The molecule has 88 valence electrons. The number of hydrogen-bond acceptors (Lipinski definition) is 1. The van der Waals surface area contributed by atoms with Crippen molar-refractivity contribution in [3.8, 4) is 0 Å². The van der Waals surface area contributed by atoms with Crippen molar-refractivity contribution in [2.45, 2.75) is 59.0 Å². The minimum absolute atomic E-state index is 0.421. The summed E-state index contributed by atoms with van der Waals surface area (Å²) in [6.45, 7) is 8.92. The maximum absolute atomic E-state index is 5.26. The molecule has 0 saturated heterocycles. The van der Waals surface area contributed by atoms with Crippen molar-refractivity contribution in [1.82, 2.24) is 10.6 Å². The summed E-state index contributed by atoms with van der Waals surface area (Å²) >= 11 is 5.26. The third kappa shape index (κ3) is 4.37. The molecule has 0 heterocycles. The first-order valence-corrected chi connectivity index (χ1v) is 6.47. The Hall–Kier alpha value is -0.310. The van der Waals surface area contributed by atoms with Gasteiger partial charge in [-0.25, -0.2) is 0 Å². The molecule has 0 aromatic heterocycles. The van der Waals surface area contributed by atoms with E-state index in [1.165, 1.54) is 19.3 Å². The summed E-state index contributed by atoms with van der Waals surface area (Å²) in [7, 11) is 0. The summed E-state index contributed by atoms with van der Waals surface area (Å²) in [5.74, 6) is 1.69. The molecule has 0 spiro atoms. The van der Waals surface area contributed by atoms with Gasteiger partial charge < -0.3 is 10.6 Å². The lowest BCUT2D eigenvalue weighted by Gasteiger charge is -2.33. The van der Waals surface area contributed by atoms with E-state index in [1.54, 1.807) is 0 Å². The highest BCUT2D eigenvalue weighted by Crippen LogP contribution is 2.29. The maximum Gasteiger partial charge on any atom is 0.166 e. The van der Waals surface area contributed by atoms with E-state index < -0.39 is 0 Å². The molecule has 0 aliphatic heterocycles. The van der Waals surface area contributed by atoms with Crippen molar-refractivity contribution >= 4 is 17.3 Å². The lowest BCUT2D eigenvalue weighted by atomic mass is 9.79. The van der Waals surface area contributed by atoms with E-state index in [0.717, 1.165) is 16.9 Å². The molecular weight excluding hydrogens is 204 g/mol. The van der Waals surface area contributed by atoms with Crippen LogP contribution in [0.25, 0.3) is 0 Å². The molecule has 1 rings (SSSR count). The zero-order valence-corrected chi connectivity index (χ0v) is 11.2. The van der Waals surface area contributed by atoms with Crippen LogP contribution in [0.5, 0.6) is 0 Å². The minimum atomic E-state index is 0.421. The van der Waals surface area contributed by atoms with Crippen molar-refractivity contribution in [3.05, 3.63) is 0 Å². The SMILES string of the molecule is CC(C)NC(=S)NC1CCC(C)C(C)C1. The standard InChI is InChI=1S/C12H24N2S/c1-8(2)13-12(15)14-11-6-5-9(3)10(4)7-11/h8-11H,5-7H2,1-4H3,(H2,13,14,15). The number of hydrogen-bond donors (Lipinski definition) is 2. The Labute approximate surface area is 99.2 Å². The van der Waals surface area contributed by atoms with E-state index in [-0.39, 0.29) is 0 Å². The topological polar surface area (TPSA) is 24.1 Å². The third-order valence-electron chi connectivity index (χ3n) is 3.35. The van der Waals surface area contributed by atoms with Crippen LogP contribution < -0.4 is 10.6 Å². The Kier molecular flexibility index (Phi) is 4.84. The Morgan fingerprint density at radius 1 is 1.20 bits per heavy atom. The van der Waals surface area contributed by atoms with Crippen LogP contribution in [0.15, 0.2) is 0 Å².